The number of fused-ring (bicyclic) bond motifs is 3. The molecule has 0 radical (unpaired) electrons. The topological polar surface area (TPSA) is 0 Å². The standard InChI is InChI=1S/C20H20/c1-4-10-15(5-2)20(3)18-13-8-6-11-16(18)17-12-7-9-14-19(17)20/h4-14H,1-3H3/b10-4-,15-5+. The summed E-state index contributed by atoms with van der Waals surface area (Å²) >= 11 is 0. The molecule has 0 spiro atoms. The Morgan fingerprint density at radius 1 is 0.850 bits per heavy atom. The molecule has 0 bridgehead atoms. The molecule has 0 heterocycles. The zero-order chi connectivity index (χ0) is 14.2. The van der Waals surface area contributed by atoms with Crippen LogP contribution in [0.25, 0.3) is 11.1 Å². The molecule has 2 aromatic rings. The van der Waals surface area contributed by atoms with E-state index in [1.807, 2.05) is 0 Å². The average molecular weight is 260 g/mol. The van der Waals surface area contributed by atoms with Gasteiger partial charge in [0.05, 0.1) is 0 Å². The summed E-state index contributed by atoms with van der Waals surface area (Å²) in [5.74, 6) is 0. The highest BCUT2D eigenvalue weighted by Crippen LogP contribution is 2.52. The Bertz CT molecular complexity index is 656. The van der Waals surface area contributed by atoms with E-state index in [2.05, 4.69) is 87.5 Å². The van der Waals surface area contributed by atoms with E-state index in [9.17, 15) is 0 Å². The zero-order valence-electron chi connectivity index (χ0n) is 12.4. The normalized spacial score (nSPS) is 16.2. The second kappa shape index (κ2) is 4.79. The number of hydrogen-bond acceptors (Lipinski definition) is 0. The smallest absolute Gasteiger partial charge is 0.0432 e. The van der Waals surface area contributed by atoms with Gasteiger partial charge in [0.25, 0.3) is 0 Å². The van der Waals surface area contributed by atoms with Gasteiger partial charge in [-0.05, 0) is 48.6 Å². The van der Waals surface area contributed by atoms with Crippen LogP contribution in [0.5, 0.6) is 0 Å². The molecule has 0 N–H and O–H groups in total. The summed E-state index contributed by atoms with van der Waals surface area (Å²) in [6.45, 7) is 6.55. The summed E-state index contributed by atoms with van der Waals surface area (Å²) in [5.41, 5.74) is 6.87. The summed E-state index contributed by atoms with van der Waals surface area (Å²) in [5, 5.41) is 0. The first kappa shape index (κ1) is 12.9. The van der Waals surface area contributed by atoms with Crippen LogP contribution < -0.4 is 0 Å². The van der Waals surface area contributed by atoms with Crippen molar-refractivity contribution in [2.24, 2.45) is 0 Å². The highest BCUT2D eigenvalue weighted by atomic mass is 14.4. The molecule has 0 saturated heterocycles. The third kappa shape index (κ3) is 1.61. The van der Waals surface area contributed by atoms with E-state index in [4.69, 9.17) is 0 Å². The Balaban J connectivity index is 2.36. The average Bonchev–Trinajstić information content (AvgIpc) is 2.76. The molecule has 0 fully saturated rings. The highest BCUT2D eigenvalue weighted by Gasteiger charge is 2.40. The van der Waals surface area contributed by atoms with Gasteiger partial charge in [0.1, 0.15) is 0 Å². The highest BCUT2D eigenvalue weighted by molar-refractivity contribution is 5.83. The Kier molecular flexibility index (Phi) is 3.10. The molecule has 20 heavy (non-hydrogen) atoms. The van der Waals surface area contributed by atoms with Crippen LogP contribution in [0.15, 0.2) is 72.3 Å². The number of allylic oxidation sites excluding steroid dienone is 4. The maximum atomic E-state index is 2.34. The van der Waals surface area contributed by atoms with Gasteiger partial charge >= 0.3 is 0 Å². The first-order chi connectivity index (χ1) is 9.73. The van der Waals surface area contributed by atoms with Crippen molar-refractivity contribution in [2.45, 2.75) is 26.2 Å². The van der Waals surface area contributed by atoms with Gasteiger partial charge in [-0.3, -0.25) is 0 Å². The minimum absolute atomic E-state index is 0.0472. The maximum Gasteiger partial charge on any atom is 0.0432 e. The second-order valence-electron chi connectivity index (χ2n) is 5.46. The van der Waals surface area contributed by atoms with Crippen molar-refractivity contribution >= 4 is 0 Å². The second-order valence-corrected chi connectivity index (χ2v) is 5.46. The van der Waals surface area contributed by atoms with Crippen molar-refractivity contribution in [3.05, 3.63) is 83.5 Å². The Labute approximate surface area is 121 Å². The predicted molar refractivity (Wildman–Crippen MR) is 86.9 cm³/mol. The van der Waals surface area contributed by atoms with E-state index in [-0.39, 0.29) is 5.41 Å². The van der Waals surface area contributed by atoms with Gasteiger partial charge in [0, 0.05) is 5.41 Å². The molecule has 0 nitrogen and oxygen atoms in total. The summed E-state index contributed by atoms with van der Waals surface area (Å²) in [7, 11) is 0. The largest absolute Gasteiger partial charge is 0.0874 e. The van der Waals surface area contributed by atoms with E-state index < -0.39 is 0 Å². The number of rotatable bonds is 2. The van der Waals surface area contributed by atoms with Crippen molar-refractivity contribution in [1.29, 1.82) is 0 Å². The fraction of sp³-hybridized carbons (Fsp3) is 0.200. The van der Waals surface area contributed by atoms with Crippen molar-refractivity contribution in [1.82, 2.24) is 0 Å². The molecule has 1 aliphatic carbocycles. The maximum absolute atomic E-state index is 2.34. The monoisotopic (exact) mass is 260 g/mol. The van der Waals surface area contributed by atoms with E-state index in [0.29, 0.717) is 0 Å². The number of hydrogen-bond donors (Lipinski definition) is 0. The Hall–Kier alpha value is -2.08. The summed E-state index contributed by atoms with van der Waals surface area (Å²) in [6.07, 6.45) is 6.60. The summed E-state index contributed by atoms with van der Waals surface area (Å²) < 4.78 is 0. The molecular formula is C20H20. The van der Waals surface area contributed by atoms with E-state index in [1.54, 1.807) is 0 Å². The van der Waals surface area contributed by atoms with Crippen LogP contribution in [-0.4, -0.2) is 0 Å². The van der Waals surface area contributed by atoms with Gasteiger partial charge in [0.15, 0.2) is 0 Å². The van der Waals surface area contributed by atoms with E-state index >= 15 is 0 Å². The molecular weight excluding hydrogens is 240 g/mol. The molecule has 0 aromatic heterocycles. The van der Waals surface area contributed by atoms with Crippen LogP contribution in [0.4, 0.5) is 0 Å². The quantitative estimate of drug-likeness (QED) is 0.626. The van der Waals surface area contributed by atoms with Crippen LogP contribution >= 0.6 is 0 Å². The Morgan fingerprint density at radius 2 is 1.35 bits per heavy atom. The lowest BCUT2D eigenvalue weighted by molar-refractivity contribution is 0.710. The lowest BCUT2D eigenvalue weighted by Crippen LogP contribution is -2.22. The molecule has 2 aromatic carbocycles. The van der Waals surface area contributed by atoms with Crippen molar-refractivity contribution < 1.29 is 0 Å². The number of benzene rings is 2. The zero-order valence-corrected chi connectivity index (χ0v) is 12.4. The molecule has 0 saturated carbocycles. The first-order valence-electron chi connectivity index (χ1n) is 7.22. The van der Waals surface area contributed by atoms with E-state index in [0.717, 1.165) is 0 Å². The van der Waals surface area contributed by atoms with Gasteiger partial charge in [-0.2, -0.15) is 0 Å². The van der Waals surface area contributed by atoms with E-state index in [1.165, 1.54) is 27.8 Å². The van der Waals surface area contributed by atoms with Crippen molar-refractivity contribution in [3.8, 4) is 11.1 Å². The SMILES string of the molecule is C/C=C\C(=C/C)C1(C)c2ccccc2-c2ccccc21. The summed E-state index contributed by atoms with van der Waals surface area (Å²) in [4.78, 5) is 0. The van der Waals surface area contributed by atoms with Crippen LogP contribution in [0.3, 0.4) is 0 Å². The van der Waals surface area contributed by atoms with Gasteiger partial charge in [-0.15, -0.1) is 0 Å². The van der Waals surface area contributed by atoms with Gasteiger partial charge in [0.2, 0.25) is 0 Å². The molecule has 3 rings (SSSR count). The van der Waals surface area contributed by atoms with Crippen LogP contribution in [0.1, 0.15) is 31.9 Å². The third-order valence-corrected chi connectivity index (χ3v) is 4.46. The fourth-order valence-electron chi connectivity index (χ4n) is 3.50. The van der Waals surface area contributed by atoms with Gasteiger partial charge in [-0.1, -0.05) is 66.8 Å². The molecule has 0 unspecified atom stereocenters. The Morgan fingerprint density at radius 3 is 1.80 bits per heavy atom. The lowest BCUT2D eigenvalue weighted by atomic mass is 9.73. The molecule has 0 atom stereocenters. The van der Waals surface area contributed by atoms with Crippen LogP contribution in [-0.2, 0) is 5.41 Å². The molecule has 0 aliphatic heterocycles. The van der Waals surface area contributed by atoms with Crippen LogP contribution in [0, 0.1) is 0 Å². The fourth-order valence-corrected chi connectivity index (χ4v) is 3.50. The molecule has 0 heteroatoms. The van der Waals surface area contributed by atoms with Crippen molar-refractivity contribution in [2.75, 3.05) is 0 Å². The third-order valence-electron chi connectivity index (χ3n) is 4.46. The molecule has 0 amide bonds. The van der Waals surface area contributed by atoms with Crippen molar-refractivity contribution in [3.63, 3.8) is 0 Å². The molecule has 100 valence electrons. The van der Waals surface area contributed by atoms with Gasteiger partial charge < -0.3 is 0 Å². The first-order valence-corrected chi connectivity index (χ1v) is 7.22. The van der Waals surface area contributed by atoms with Crippen LogP contribution in [0.2, 0.25) is 0 Å². The molecule has 1 aliphatic rings. The summed E-state index contributed by atoms with van der Waals surface area (Å²) in [6, 6.07) is 17.6. The van der Waals surface area contributed by atoms with Gasteiger partial charge in [-0.25, -0.2) is 0 Å². The lowest BCUT2D eigenvalue weighted by Gasteiger charge is -2.29. The minimum Gasteiger partial charge on any atom is -0.0874 e. The predicted octanol–water partition coefficient (Wildman–Crippen LogP) is 5.50. The minimum atomic E-state index is -0.0472.